The molecule has 1 atom stereocenters. The summed E-state index contributed by atoms with van der Waals surface area (Å²) in [4.78, 5) is 29.4. The third-order valence-corrected chi connectivity index (χ3v) is 5.20. The third kappa shape index (κ3) is 4.51. The van der Waals surface area contributed by atoms with Crippen molar-refractivity contribution in [2.24, 2.45) is 0 Å². The Morgan fingerprint density at radius 2 is 2.09 bits per heavy atom. The van der Waals surface area contributed by atoms with Crippen LogP contribution in [0.1, 0.15) is 28.7 Å². The predicted molar refractivity (Wildman–Crippen MR) is 111 cm³/mol. The van der Waals surface area contributed by atoms with Crippen LogP contribution in [-0.4, -0.2) is 44.1 Å². The number of nitrogens with one attached hydrogen (secondary N) is 1. The summed E-state index contributed by atoms with van der Waals surface area (Å²) in [6.45, 7) is 2.89. The van der Waals surface area contributed by atoms with Gasteiger partial charge in [0.25, 0.3) is 5.91 Å². The minimum Gasteiger partial charge on any atom is -0.480 e. The molecule has 3 heterocycles. The molecule has 1 aliphatic heterocycles. The Morgan fingerprint density at radius 3 is 2.76 bits per heavy atom. The van der Waals surface area contributed by atoms with Crippen LogP contribution in [0.3, 0.4) is 0 Å². The smallest absolute Gasteiger partial charge is 0.425 e. The van der Waals surface area contributed by atoms with E-state index in [0.29, 0.717) is 16.3 Å². The molecule has 0 fully saturated rings. The molecule has 180 valence electrons. The van der Waals surface area contributed by atoms with Gasteiger partial charge < -0.3 is 14.8 Å². The van der Waals surface area contributed by atoms with E-state index in [1.807, 2.05) is 0 Å². The zero-order chi connectivity index (χ0) is 24.6. The number of halogens is 4. The second-order valence-corrected chi connectivity index (χ2v) is 7.56. The molecular weight excluding hydrogens is 462 g/mol. The number of amides is 1. The van der Waals surface area contributed by atoms with Gasteiger partial charge in [-0.2, -0.15) is 17.9 Å². The molecule has 1 aliphatic rings. The quantitative estimate of drug-likeness (QED) is 0.563. The number of carbonyl (C=O) groups excluding carboxylic acids is 1. The molecule has 0 unspecified atom stereocenters. The summed E-state index contributed by atoms with van der Waals surface area (Å²) in [5.41, 5.74) is -0.754. The summed E-state index contributed by atoms with van der Waals surface area (Å²) in [5, 5.41) is 6.50. The van der Waals surface area contributed by atoms with Crippen LogP contribution in [0, 0.1) is 12.7 Å². The summed E-state index contributed by atoms with van der Waals surface area (Å²) in [6.07, 6.45) is -4.25. The zero-order valence-corrected chi connectivity index (χ0v) is 18.0. The van der Waals surface area contributed by atoms with Crippen molar-refractivity contribution in [3.8, 4) is 11.4 Å². The van der Waals surface area contributed by atoms with E-state index in [9.17, 15) is 22.8 Å². The Bertz CT molecular complexity index is 1300. The van der Waals surface area contributed by atoms with Crippen molar-refractivity contribution in [3.63, 3.8) is 0 Å². The molecule has 0 saturated carbocycles. The van der Waals surface area contributed by atoms with Crippen LogP contribution in [0.2, 0.25) is 0 Å². The Labute approximate surface area is 189 Å². The fraction of sp³-hybridized carbons (Fsp3) is 0.333. The SMILES string of the molecule is Cc1ccncc1NC(=O)c1cc(F)c(-n2nc3n(c2=O)CCOC3)cc1O[C@@H](C)C(F)(F)F. The normalized spacial score (nSPS) is 14.4. The molecule has 0 spiro atoms. The Balaban J connectivity index is 1.79. The van der Waals surface area contributed by atoms with Gasteiger partial charge in [0.2, 0.25) is 0 Å². The lowest BCUT2D eigenvalue weighted by Gasteiger charge is -2.20. The summed E-state index contributed by atoms with van der Waals surface area (Å²) in [6, 6.07) is 3.17. The van der Waals surface area contributed by atoms with Crippen LogP contribution in [0.4, 0.5) is 23.2 Å². The van der Waals surface area contributed by atoms with Crippen molar-refractivity contribution < 1.29 is 31.8 Å². The summed E-state index contributed by atoms with van der Waals surface area (Å²) in [5.74, 6) is -2.32. The number of carbonyl (C=O) groups is 1. The molecule has 4 rings (SSSR count). The molecule has 1 amide bonds. The molecule has 9 nitrogen and oxygen atoms in total. The maximum atomic E-state index is 15.1. The monoisotopic (exact) mass is 481 g/mol. The van der Waals surface area contributed by atoms with E-state index < -0.39 is 46.7 Å². The van der Waals surface area contributed by atoms with Crippen LogP contribution in [0.25, 0.3) is 5.69 Å². The number of anilines is 1. The molecule has 13 heteroatoms. The van der Waals surface area contributed by atoms with Gasteiger partial charge in [-0.15, -0.1) is 5.10 Å². The third-order valence-electron chi connectivity index (χ3n) is 5.20. The fourth-order valence-corrected chi connectivity index (χ4v) is 3.27. The average molecular weight is 481 g/mol. The molecule has 2 aromatic heterocycles. The van der Waals surface area contributed by atoms with E-state index in [1.54, 1.807) is 13.0 Å². The largest absolute Gasteiger partial charge is 0.480 e. The van der Waals surface area contributed by atoms with Gasteiger partial charge >= 0.3 is 11.9 Å². The zero-order valence-electron chi connectivity index (χ0n) is 18.0. The number of aryl methyl sites for hydroxylation is 1. The summed E-state index contributed by atoms with van der Waals surface area (Å²) in [7, 11) is 0. The highest BCUT2D eigenvalue weighted by Gasteiger charge is 2.39. The van der Waals surface area contributed by atoms with Crippen molar-refractivity contribution in [1.82, 2.24) is 19.3 Å². The number of alkyl halides is 3. The van der Waals surface area contributed by atoms with Crippen LogP contribution < -0.4 is 15.7 Å². The Kier molecular flexibility index (Phi) is 6.13. The van der Waals surface area contributed by atoms with Crippen molar-refractivity contribution in [3.05, 3.63) is 63.8 Å². The van der Waals surface area contributed by atoms with Crippen LogP contribution >= 0.6 is 0 Å². The first-order valence-electron chi connectivity index (χ1n) is 10.1. The van der Waals surface area contributed by atoms with Gasteiger partial charge in [0.05, 0.1) is 30.6 Å². The summed E-state index contributed by atoms with van der Waals surface area (Å²) < 4.78 is 66.9. The molecule has 0 aliphatic carbocycles. The summed E-state index contributed by atoms with van der Waals surface area (Å²) >= 11 is 0. The van der Waals surface area contributed by atoms with Gasteiger partial charge in [-0.1, -0.05) is 0 Å². The van der Waals surface area contributed by atoms with Gasteiger partial charge in [-0.05, 0) is 31.5 Å². The average Bonchev–Trinajstić information content (AvgIpc) is 3.12. The number of hydrogen-bond donors (Lipinski definition) is 1. The molecule has 1 N–H and O–H groups in total. The van der Waals surface area contributed by atoms with E-state index in [4.69, 9.17) is 9.47 Å². The van der Waals surface area contributed by atoms with Crippen molar-refractivity contribution >= 4 is 11.6 Å². The second kappa shape index (κ2) is 8.89. The van der Waals surface area contributed by atoms with Crippen molar-refractivity contribution in [2.45, 2.75) is 39.3 Å². The van der Waals surface area contributed by atoms with Crippen LogP contribution in [-0.2, 0) is 17.9 Å². The van der Waals surface area contributed by atoms with E-state index in [-0.39, 0.29) is 31.3 Å². The van der Waals surface area contributed by atoms with Gasteiger partial charge in [0.15, 0.2) is 11.9 Å². The lowest BCUT2D eigenvalue weighted by molar-refractivity contribution is -0.189. The van der Waals surface area contributed by atoms with E-state index in [2.05, 4.69) is 15.4 Å². The molecule has 34 heavy (non-hydrogen) atoms. The maximum Gasteiger partial charge on any atom is 0.425 e. The van der Waals surface area contributed by atoms with Crippen molar-refractivity contribution in [1.29, 1.82) is 0 Å². The highest BCUT2D eigenvalue weighted by Crippen LogP contribution is 2.31. The lowest BCUT2D eigenvalue weighted by atomic mass is 10.1. The van der Waals surface area contributed by atoms with Crippen molar-refractivity contribution in [2.75, 3.05) is 11.9 Å². The Morgan fingerprint density at radius 1 is 1.32 bits per heavy atom. The van der Waals surface area contributed by atoms with Gasteiger partial charge in [-0.3, -0.25) is 14.3 Å². The number of rotatable bonds is 5. The van der Waals surface area contributed by atoms with E-state index in [0.717, 1.165) is 13.0 Å². The number of fused-ring (bicyclic) bond motifs is 1. The maximum absolute atomic E-state index is 15.1. The van der Waals surface area contributed by atoms with Crippen LogP contribution in [0.5, 0.6) is 5.75 Å². The second-order valence-electron chi connectivity index (χ2n) is 7.56. The molecule has 0 radical (unpaired) electrons. The molecule has 0 saturated heterocycles. The molecule has 0 bridgehead atoms. The number of ether oxygens (including phenoxy) is 2. The van der Waals surface area contributed by atoms with E-state index in [1.165, 1.54) is 17.0 Å². The first kappa shape index (κ1) is 23.4. The highest BCUT2D eigenvalue weighted by atomic mass is 19.4. The first-order chi connectivity index (χ1) is 16.1. The fourth-order valence-electron chi connectivity index (χ4n) is 3.27. The minimum atomic E-state index is -4.76. The molecule has 3 aromatic rings. The van der Waals surface area contributed by atoms with Gasteiger partial charge in [0.1, 0.15) is 23.9 Å². The number of pyridine rings is 1. The highest BCUT2D eigenvalue weighted by molar-refractivity contribution is 6.06. The minimum absolute atomic E-state index is 0.0171. The van der Waals surface area contributed by atoms with Crippen LogP contribution in [0.15, 0.2) is 35.4 Å². The standard InChI is InChI=1S/C21H19F4N5O4/c1-11-3-4-26-9-15(11)27-19(31)13-7-14(22)16(8-17(13)34-12(2)21(23,24)25)30-20(32)29-5-6-33-10-18(29)28-30/h3-4,7-9,12H,5-6,10H2,1-2H3,(H,27,31)/t12-/m0/s1. The molecule has 1 aromatic carbocycles. The van der Waals surface area contributed by atoms with Gasteiger partial charge in [0, 0.05) is 12.3 Å². The topological polar surface area (TPSA) is 100 Å². The number of benzene rings is 1. The number of nitrogens with zero attached hydrogens (tertiary/aromatic N) is 4. The van der Waals surface area contributed by atoms with Gasteiger partial charge in [-0.25, -0.2) is 9.18 Å². The Hall–Kier alpha value is -3.74. The number of aromatic nitrogens is 4. The lowest BCUT2D eigenvalue weighted by Crippen LogP contribution is -2.32. The molecular formula is C21H19F4N5O4. The predicted octanol–water partition coefficient (Wildman–Crippen LogP) is 2.99. The number of hydrogen-bond acceptors (Lipinski definition) is 6. The first-order valence-corrected chi connectivity index (χ1v) is 10.1. The van der Waals surface area contributed by atoms with E-state index >= 15 is 4.39 Å².